The maximum atomic E-state index is 6.15. The summed E-state index contributed by atoms with van der Waals surface area (Å²) in [5.41, 5.74) is 18.3. The van der Waals surface area contributed by atoms with Gasteiger partial charge in [0.1, 0.15) is 5.69 Å². The highest BCUT2D eigenvalue weighted by molar-refractivity contribution is 6.06. The molecule has 0 fully saturated rings. The van der Waals surface area contributed by atoms with Crippen LogP contribution in [-0.2, 0) is 0 Å². The number of hydrogen-bond acceptors (Lipinski definition) is 5. The van der Waals surface area contributed by atoms with Gasteiger partial charge in [-0.3, -0.25) is 0 Å². The van der Waals surface area contributed by atoms with E-state index in [0.29, 0.717) is 11.4 Å². The number of nitrogens with one attached hydrogen (secondary N) is 1. The highest BCUT2D eigenvalue weighted by Gasteiger charge is 2.12. The van der Waals surface area contributed by atoms with Gasteiger partial charge in [-0.25, -0.2) is 16.4 Å². The minimum absolute atomic E-state index is 0.218. The lowest BCUT2D eigenvalue weighted by Crippen LogP contribution is -2.23. The first-order chi connectivity index (χ1) is 12.7. The first-order valence-corrected chi connectivity index (χ1v) is 8.15. The van der Waals surface area contributed by atoms with Gasteiger partial charge in [0.15, 0.2) is 5.84 Å². The van der Waals surface area contributed by atoms with Crippen LogP contribution in [0.5, 0.6) is 0 Å². The Bertz CT molecular complexity index is 1140. The molecule has 0 aliphatic heterocycles. The Morgan fingerprint density at radius 1 is 0.885 bits per heavy atom. The standard InChI is InChI=1S/C20H18N6/c21-14-10-13-8-9-18(20(22)25-26-23)24-19(13)17(11-14)16-7-3-5-12-4-1-2-6-15(12)16/h1-11,26H,21,23H2,(H2,22,25). The molecule has 0 aliphatic rings. The lowest BCUT2D eigenvalue weighted by Gasteiger charge is -2.12. The van der Waals surface area contributed by atoms with Crippen molar-refractivity contribution in [3.63, 3.8) is 0 Å². The van der Waals surface area contributed by atoms with E-state index in [1.165, 1.54) is 0 Å². The summed E-state index contributed by atoms with van der Waals surface area (Å²) >= 11 is 0. The Labute approximate surface area is 150 Å². The van der Waals surface area contributed by atoms with Gasteiger partial charge >= 0.3 is 0 Å². The van der Waals surface area contributed by atoms with Crippen LogP contribution in [0.1, 0.15) is 5.69 Å². The van der Waals surface area contributed by atoms with Crippen molar-refractivity contribution in [1.29, 1.82) is 0 Å². The summed E-state index contributed by atoms with van der Waals surface area (Å²) in [6.07, 6.45) is 0. The first kappa shape index (κ1) is 15.9. The molecule has 0 radical (unpaired) electrons. The van der Waals surface area contributed by atoms with Crippen LogP contribution in [0.3, 0.4) is 0 Å². The lowest BCUT2D eigenvalue weighted by molar-refractivity contribution is 0.803. The zero-order chi connectivity index (χ0) is 18.1. The van der Waals surface area contributed by atoms with Crippen LogP contribution in [0.15, 0.2) is 71.8 Å². The molecular weight excluding hydrogens is 324 g/mol. The second-order valence-corrected chi connectivity index (χ2v) is 5.99. The van der Waals surface area contributed by atoms with Gasteiger partial charge in [-0.2, -0.15) is 0 Å². The third kappa shape index (κ3) is 2.68. The third-order valence-corrected chi connectivity index (χ3v) is 4.34. The van der Waals surface area contributed by atoms with Crippen LogP contribution in [0, 0.1) is 0 Å². The number of nitrogen functional groups attached to an aromatic ring is 1. The number of hydrazone groups is 1. The maximum Gasteiger partial charge on any atom is 0.170 e. The van der Waals surface area contributed by atoms with E-state index in [1.807, 2.05) is 36.4 Å². The van der Waals surface area contributed by atoms with Gasteiger partial charge < -0.3 is 11.5 Å². The second-order valence-electron chi connectivity index (χ2n) is 5.99. The van der Waals surface area contributed by atoms with E-state index >= 15 is 0 Å². The molecule has 4 rings (SSSR count). The summed E-state index contributed by atoms with van der Waals surface area (Å²) in [6, 6.07) is 22.0. The average molecular weight is 342 g/mol. The Morgan fingerprint density at radius 2 is 1.69 bits per heavy atom. The molecule has 0 unspecified atom stereocenters. The van der Waals surface area contributed by atoms with Crippen LogP contribution in [0.25, 0.3) is 32.8 Å². The molecule has 7 N–H and O–H groups in total. The highest BCUT2D eigenvalue weighted by atomic mass is 15.5. The van der Waals surface area contributed by atoms with Crippen LogP contribution in [0.4, 0.5) is 5.69 Å². The number of fused-ring (bicyclic) bond motifs is 2. The molecule has 3 aromatic carbocycles. The van der Waals surface area contributed by atoms with Crippen LogP contribution >= 0.6 is 0 Å². The van der Waals surface area contributed by atoms with E-state index in [9.17, 15) is 0 Å². The smallest absolute Gasteiger partial charge is 0.170 e. The van der Waals surface area contributed by atoms with Gasteiger partial charge in [-0.05, 0) is 34.5 Å². The van der Waals surface area contributed by atoms with E-state index in [4.69, 9.17) is 22.3 Å². The van der Waals surface area contributed by atoms with Crippen molar-refractivity contribution in [3.05, 3.63) is 72.4 Å². The topological polar surface area (TPSA) is 115 Å². The number of aromatic nitrogens is 1. The normalized spacial score (nSPS) is 11.8. The SMILES string of the molecule is NN/N=C(\N)c1ccc2cc(N)cc(-c3cccc4ccccc34)c2n1. The largest absolute Gasteiger partial charge is 0.399 e. The van der Waals surface area contributed by atoms with E-state index in [2.05, 4.69) is 34.9 Å². The second kappa shape index (κ2) is 6.34. The molecule has 6 nitrogen and oxygen atoms in total. The molecule has 0 atom stereocenters. The number of hydrogen-bond donors (Lipinski definition) is 4. The number of anilines is 1. The van der Waals surface area contributed by atoms with Gasteiger partial charge in [0.25, 0.3) is 0 Å². The van der Waals surface area contributed by atoms with Crippen molar-refractivity contribution in [2.75, 3.05) is 5.73 Å². The number of benzene rings is 3. The fraction of sp³-hybridized carbons (Fsp3) is 0. The molecule has 0 spiro atoms. The zero-order valence-corrected chi connectivity index (χ0v) is 14.0. The summed E-state index contributed by atoms with van der Waals surface area (Å²) in [6.45, 7) is 0. The van der Waals surface area contributed by atoms with Gasteiger partial charge in [0, 0.05) is 16.6 Å². The third-order valence-electron chi connectivity index (χ3n) is 4.34. The van der Waals surface area contributed by atoms with Gasteiger partial charge in [-0.15, -0.1) is 5.10 Å². The Morgan fingerprint density at radius 3 is 2.54 bits per heavy atom. The summed E-state index contributed by atoms with van der Waals surface area (Å²) < 4.78 is 0. The van der Waals surface area contributed by atoms with E-state index in [1.54, 1.807) is 6.07 Å². The number of hydrazine groups is 1. The van der Waals surface area contributed by atoms with Crippen molar-refractivity contribution in [3.8, 4) is 11.1 Å². The molecule has 0 amide bonds. The minimum atomic E-state index is 0.218. The maximum absolute atomic E-state index is 6.15. The Hall–Kier alpha value is -3.64. The monoisotopic (exact) mass is 342 g/mol. The molecule has 4 aromatic rings. The molecule has 26 heavy (non-hydrogen) atoms. The Kier molecular flexibility index (Phi) is 3.87. The molecular formula is C20H18N6. The quantitative estimate of drug-likeness (QED) is 0.150. The van der Waals surface area contributed by atoms with E-state index in [0.717, 1.165) is 32.8 Å². The first-order valence-electron chi connectivity index (χ1n) is 8.15. The summed E-state index contributed by atoms with van der Waals surface area (Å²) in [4.78, 5) is 4.71. The van der Waals surface area contributed by atoms with Crippen molar-refractivity contribution < 1.29 is 0 Å². The molecule has 0 aliphatic carbocycles. The van der Waals surface area contributed by atoms with Crippen molar-refractivity contribution in [1.82, 2.24) is 10.5 Å². The van der Waals surface area contributed by atoms with E-state index < -0.39 is 0 Å². The molecule has 0 saturated carbocycles. The number of nitrogens with zero attached hydrogens (tertiary/aromatic N) is 2. The molecule has 1 heterocycles. The molecule has 6 heteroatoms. The molecule has 1 aromatic heterocycles. The minimum Gasteiger partial charge on any atom is -0.399 e. The Balaban J connectivity index is 2.04. The summed E-state index contributed by atoms with van der Waals surface area (Å²) in [5.74, 6) is 5.44. The van der Waals surface area contributed by atoms with Crippen molar-refractivity contribution >= 4 is 33.2 Å². The van der Waals surface area contributed by atoms with Gasteiger partial charge in [0.05, 0.1) is 5.52 Å². The highest BCUT2D eigenvalue weighted by Crippen LogP contribution is 2.34. The zero-order valence-electron chi connectivity index (χ0n) is 14.0. The van der Waals surface area contributed by atoms with Crippen molar-refractivity contribution in [2.24, 2.45) is 16.7 Å². The fourth-order valence-corrected chi connectivity index (χ4v) is 3.19. The number of amidine groups is 1. The van der Waals surface area contributed by atoms with Crippen LogP contribution in [-0.4, -0.2) is 10.8 Å². The van der Waals surface area contributed by atoms with Crippen LogP contribution in [0.2, 0.25) is 0 Å². The summed E-state index contributed by atoms with van der Waals surface area (Å²) in [7, 11) is 0. The van der Waals surface area contributed by atoms with E-state index in [-0.39, 0.29) is 5.84 Å². The summed E-state index contributed by atoms with van der Waals surface area (Å²) in [5, 5.41) is 7.04. The molecule has 128 valence electrons. The predicted molar refractivity (Wildman–Crippen MR) is 107 cm³/mol. The lowest BCUT2D eigenvalue weighted by atomic mass is 9.95. The fourth-order valence-electron chi connectivity index (χ4n) is 3.19. The average Bonchev–Trinajstić information content (AvgIpc) is 2.66. The number of rotatable bonds is 3. The molecule has 0 saturated heterocycles. The van der Waals surface area contributed by atoms with Crippen molar-refractivity contribution in [2.45, 2.75) is 0 Å². The predicted octanol–water partition coefficient (Wildman–Crippen LogP) is 2.72. The van der Waals surface area contributed by atoms with Crippen LogP contribution < -0.4 is 22.8 Å². The van der Waals surface area contributed by atoms with Gasteiger partial charge in [-0.1, -0.05) is 48.5 Å². The number of pyridine rings is 1. The van der Waals surface area contributed by atoms with Gasteiger partial charge in [0.2, 0.25) is 0 Å². The number of nitrogens with two attached hydrogens (primary N) is 3. The molecule has 0 bridgehead atoms.